The van der Waals surface area contributed by atoms with Crippen LogP contribution in [-0.4, -0.2) is 5.16 Å². The van der Waals surface area contributed by atoms with Crippen LogP contribution in [0.15, 0.2) is 52.6 Å². The summed E-state index contributed by atoms with van der Waals surface area (Å²) in [5, 5.41) is 9.03. The summed E-state index contributed by atoms with van der Waals surface area (Å²) < 4.78 is 18.6. The second kappa shape index (κ2) is 5.98. The van der Waals surface area contributed by atoms with Gasteiger partial charge in [-0.3, -0.25) is 0 Å². The molecule has 0 aliphatic rings. The fraction of sp³-hybridized carbons (Fsp3) is 0.133. The van der Waals surface area contributed by atoms with Crippen LogP contribution in [0.4, 0.5) is 4.39 Å². The summed E-state index contributed by atoms with van der Waals surface area (Å²) in [6.07, 6.45) is 1.55. The molecule has 0 radical (unpaired) electrons. The van der Waals surface area contributed by atoms with Gasteiger partial charge in [-0.2, -0.15) is 0 Å². The van der Waals surface area contributed by atoms with E-state index >= 15 is 0 Å². The summed E-state index contributed by atoms with van der Waals surface area (Å²) in [5.74, 6) is -0.187. The molecule has 0 amide bonds. The van der Waals surface area contributed by atoms with Crippen molar-refractivity contribution >= 4 is 11.3 Å². The summed E-state index contributed by atoms with van der Waals surface area (Å²) in [6, 6.07) is 10.9. The summed E-state index contributed by atoms with van der Waals surface area (Å²) in [4.78, 5) is 0.945. The lowest BCUT2D eigenvalue weighted by Crippen LogP contribution is -2.12. The summed E-state index contributed by atoms with van der Waals surface area (Å²) in [5.41, 5.74) is 2.55. The molecule has 5 heteroatoms. The van der Waals surface area contributed by atoms with E-state index in [2.05, 4.69) is 10.5 Å². The first-order chi connectivity index (χ1) is 9.83. The molecule has 3 aromatic rings. The molecular formula is C15H13FN2OS. The molecule has 102 valence electrons. The monoisotopic (exact) mass is 288 g/mol. The minimum Gasteiger partial charge on any atom is -0.364 e. The van der Waals surface area contributed by atoms with Gasteiger partial charge in [0.1, 0.15) is 12.1 Å². The topological polar surface area (TPSA) is 38.1 Å². The zero-order valence-corrected chi connectivity index (χ0v) is 11.5. The van der Waals surface area contributed by atoms with E-state index in [4.69, 9.17) is 4.52 Å². The highest BCUT2D eigenvalue weighted by Gasteiger charge is 2.07. The van der Waals surface area contributed by atoms with Gasteiger partial charge in [0.2, 0.25) is 0 Å². The summed E-state index contributed by atoms with van der Waals surface area (Å²) in [7, 11) is 0. The van der Waals surface area contributed by atoms with Crippen molar-refractivity contribution in [2.24, 2.45) is 0 Å². The highest BCUT2D eigenvalue weighted by atomic mass is 32.1. The van der Waals surface area contributed by atoms with E-state index in [0.29, 0.717) is 18.7 Å². The maximum Gasteiger partial charge on any atom is 0.131 e. The molecule has 2 heterocycles. The molecule has 0 saturated carbocycles. The third kappa shape index (κ3) is 2.95. The number of benzene rings is 1. The molecule has 0 fully saturated rings. The lowest BCUT2D eigenvalue weighted by atomic mass is 10.1. The Morgan fingerprint density at radius 2 is 2.15 bits per heavy atom. The maximum absolute atomic E-state index is 13.8. The molecule has 0 unspecified atom stereocenters. The third-order valence-electron chi connectivity index (χ3n) is 2.94. The van der Waals surface area contributed by atoms with E-state index in [1.165, 1.54) is 17.4 Å². The summed E-state index contributed by atoms with van der Waals surface area (Å²) in [6.45, 7) is 1.29. The van der Waals surface area contributed by atoms with Crippen LogP contribution >= 0.6 is 11.3 Å². The fourth-order valence-electron chi connectivity index (χ4n) is 1.97. The predicted octanol–water partition coefficient (Wildman–Crippen LogP) is 3.83. The molecule has 1 aromatic carbocycles. The molecule has 0 spiro atoms. The van der Waals surface area contributed by atoms with E-state index in [0.717, 1.165) is 16.1 Å². The first-order valence-corrected chi connectivity index (χ1v) is 7.13. The average molecular weight is 288 g/mol. The van der Waals surface area contributed by atoms with E-state index in [9.17, 15) is 4.39 Å². The number of nitrogens with one attached hydrogen (secondary N) is 1. The van der Waals surface area contributed by atoms with Gasteiger partial charge in [-0.05, 0) is 29.1 Å². The lowest BCUT2D eigenvalue weighted by Gasteiger charge is -2.06. The highest BCUT2D eigenvalue weighted by Crippen LogP contribution is 2.28. The number of nitrogens with zero attached hydrogens (tertiary/aromatic N) is 1. The van der Waals surface area contributed by atoms with E-state index in [1.54, 1.807) is 12.3 Å². The molecule has 3 nitrogen and oxygen atoms in total. The molecule has 1 N–H and O–H groups in total. The molecule has 0 saturated heterocycles. The number of hydrogen-bond donors (Lipinski definition) is 1. The Kier molecular flexibility index (Phi) is 3.90. The maximum atomic E-state index is 13.8. The van der Waals surface area contributed by atoms with Gasteiger partial charge in [-0.1, -0.05) is 17.3 Å². The summed E-state index contributed by atoms with van der Waals surface area (Å²) >= 11 is 1.54. The number of aromatic nitrogens is 1. The number of rotatable bonds is 5. The minimum absolute atomic E-state index is 0.187. The Labute approximate surface area is 120 Å². The molecule has 0 atom stereocenters. The zero-order valence-electron chi connectivity index (χ0n) is 10.7. The van der Waals surface area contributed by atoms with Gasteiger partial charge in [0.15, 0.2) is 0 Å². The van der Waals surface area contributed by atoms with Gasteiger partial charge in [0.05, 0.1) is 5.69 Å². The molecule has 2 aromatic heterocycles. The molecule has 20 heavy (non-hydrogen) atoms. The lowest BCUT2D eigenvalue weighted by molar-refractivity contribution is 0.408. The van der Waals surface area contributed by atoms with Crippen molar-refractivity contribution in [3.8, 4) is 10.4 Å². The molecule has 0 aliphatic heterocycles. The van der Waals surface area contributed by atoms with Gasteiger partial charge in [0, 0.05) is 29.6 Å². The number of halogens is 1. The van der Waals surface area contributed by atoms with E-state index in [-0.39, 0.29) is 5.82 Å². The number of thiophene rings is 1. The standard InChI is InChI=1S/C15H13FN2OS/c16-14-4-3-11(8-13(14)15-2-1-7-20-15)9-17-10-12-5-6-19-18-12/h1-8,17H,9-10H2. The SMILES string of the molecule is Fc1ccc(CNCc2ccon2)cc1-c1cccs1. The van der Waals surface area contributed by atoms with Crippen molar-refractivity contribution in [3.63, 3.8) is 0 Å². The van der Waals surface area contributed by atoms with Crippen LogP contribution in [0, 0.1) is 5.82 Å². The van der Waals surface area contributed by atoms with Gasteiger partial charge in [-0.25, -0.2) is 4.39 Å². The van der Waals surface area contributed by atoms with Crippen molar-refractivity contribution in [1.29, 1.82) is 0 Å². The van der Waals surface area contributed by atoms with Gasteiger partial charge in [0.25, 0.3) is 0 Å². The molecule has 3 rings (SSSR count). The minimum atomic E-state index is -0.187. The van der Waals surface area contributed by atoms with Crippen molar-refractivity contribution in [2.45, 2.75) is 13.1 Å². The largest absolute Gasteiger partial charge is 0.364 e. The Morgan fingerprint density at radius 1 is 1.20 bits per heavy atom. The second-order valence-electron chi connectivity index (χ2n) is 4.39. The Morgan fingerprint density at radius 3 is 2.90 bits per heavy atom. The zero-order chi connectivity index (χ0) is 13.8. The smallest absolute Gasteiger partial charge is 0.131 e. The third-order valence-corrected chi connectivity index (χ3v) is 3.85. The van der Waals surface area contributed by atoms with Gasteiger partial charge in [-0.15, -0.1) is 11.3 Å². The van der Waals surface area contributed by atoms with Gasteiger partial charge >= 0.3 is 0 Å². The number of hydrogen-bond acceptors (Lipinski definition) is 4. The molecule has 0 bridgehead atoms. The van der Waals surface area contributed by atoms with Crippen LogP contribution in [-0.2, 0) is 13.1 Å². The van der Waals surface area contributed by atoms with Crippen LogP contribution in [0.2, 0.25) is 0 Å². The average Bonchev–Trinajstić information content (AvgIpc) is 3.13. The Hall–Kier alpha value is -1.98. The normalized spacial score (nSPS) is 10.8. The highest BCUT2D eigenvalue weighted by molar-refractivity contribution is 7.13. The van der Waals surface area contributed by atoms with Crippen LogP contribution in [0.1, 0.15) is 11.3 Å². The molecule has 0 aliphatic carbocycles. The molecular weight excluding hydrogens is 275 g/mol. The first kappa shape index (κ1) is 13.0. The fourth-order valence-corrected chi connectivity index (χ4v) is 2.71. The Bertz CT molecular complexity index is 665. The predicted molar refractivity (Wildman–Crippen MR) is 76.8 cm³/mol. The van der Waals surface area contributed by atoms with Gasteiger partial charge < -0.3 is 9.84 Å². The quantitative estimate of drug-likeness (QED) is 0.775. The Balaban J connectivity index is 1.69. The first-order valence-electron chi connectivity index (χ1n) is 6.25. The van der Waals surface area contributed by atoms with Crippen LogP contribution in [0.5, 0.6) is 0 Å². The van der Waals surface area contributed by atoms with Crippen LogP contribution in [0.3, 0.4) is 0 Å². The van der Waals surface area contributed by atoms with Crippen molar-refractivity contribution in [1.82, 2.24) is 10.5 Å². The van der Waals surface area contributed by atoms with E-state index in [1.807, 2.05) is 29.6 Å². The van der Waals surface area contributed by atoms with Crippen LogP contribution < -0.4 is 5.32 Å². The van der Waals surface area contributed by atoms with E-state index < -0.39 is 0 Å². The van der Waals surface area contributed by atoms with Crippen LogP contribution in [0.25, 0.3) is 10.4 Å². The van der Waals surface area contributed by atoms with Crippen molar-refractivity contribution in [2.75, 3.05) is 0 Å². The van der Waals surface area contributed by atoms with Crippen molar-refractivity contribution in [3.05, 3.63) is 65.1 Å². The van der Waals surface area contributed by atoms with Crippen molar-refractivity contribution < 1.29 is 8.91 Å². The second-order valence-corrected chi connectivity index (χ2v) is 5.33.